The van der Waals surface area contributed by atoms with Crippen LogP contribution in [0.4, 0.5) is 10.5 Å². The van der Waals surface area contributed by atoms with Gasteiger partial charge in [0.1, 0.15) is 6.04 Å². The zero-order chi connectivity index (χ0) is 20.0. The molecule has 5 rings (SSSR count). The van der Waals surface area contributed by atoms with Gasteiger partial charge in [0.15, 0.2) is 0 Å². The van der Waals surface area contributed by atoms with Gasteiger partial charge in [0.2, 0.25) is 0 Å². The molecule has 4 heteroatoms. The van der Waals surface area contributed by atoms with Crippen molar-refractivity contribution in [2.24, 2.45) is 0 Å². The van der Waals surface area contributed by atoms with E-state index in [4.69, 9.17) is 0 Å². The zero-order valence-corrected chi connectivity index (χ0v) is 16.5. The Morgan fingerprint density at radius 3 is 2.41 bits per heavy atom. The van der Waals surface area contributed by atoms with Crippen molar-refractivity contribution in [3.8, 4) is 0 Å². The lowest BCUT2D eigenvalue weighted by Crippen LogP contribution is -2.36. The summed E-state index contributed by atoms with van der Waals surface area (Å²) >= 11 is 0. The van der Waals surface area contributed by atoms with E-state index in [1.54, 1.807) is 0 Å². The number of hydrogen-bond donors (Lipinski definition) is 1. The molecule has 4 nitrogen and oxygen atoms in total. The summed E-state index contributed by atoms with van der Waals surface area (Å²) in [4.78, 5) is 27.5. The first kappa shape index (κ1) is 17.9. The Kier molecular flexibility index (Phi) is 4.35. The van der Waals surface area contributed by atoms with Crippen LogP contribution in [0.15, 0.2) is 66.7 Å². The summed E-state index contributed by atoms with van der Waals surface area (Å²) in [5.74, 6) is 0.489. The van der Waals surface area contributed by atoms with Crippen LogP contribution < -0.4 is 10.2 Å². The van der Waals surface area contributed by atoms with Crippen LogP contribution in [0, 0.1) is 0 Å². The molecule has 0 aromatic heterocycles. The van der Waals surface area contributed by atoms with Crippen molar-refractivity contribution < 1.29 is 9.59 Å². The Morgan fingerprint density at radius 2 is 1.69 bits per heavy atom. The van der Waals surface area contributed by atoms with Crippen molar-refractivity contribution in [2.45, 2.75) is 44.1 Å². The van der Waals surface area contributed by atoms with E-state index in [9.17, 15) is 9.59 Å². The first-order valence-corrected chi connectivity index (χ1v) is 10.4. The average molecular weight is 384 g/mol. The van der Waals surface area contributed by atoms with E-state index in [0.717, 1.165) is 22.8 Å². The van der Waals surface area contributed by atoms with Crippen molar-refractivity contribution in [1.29, 1.82) is 0 Å². The minimum absolute atomic E-state index is 0.0420. The summed E-state index contributed by atoms with van der Waals surface area (Å²) in [6.07, 6.45) is 3.32. The fraction of sp³-hybridized carbons (Fsp3) is 0.280. The first-order valence-electron chi connectivity index (χ1n) is 10.4. The molecule has 0 bridgehead atoms. The van der Waals surface area contributed by atoms with Gasteiger partial charge in [-0.2, -0.15) is 0 Å². The number of fused-ring (bicyclic) bond motifs is 1. The summed E-state index contributed by atoms with van der Waals surface area (Å²) < 4.78 is 0. The van der Waals surface area contributed by atoms with Crippen LogP contribution >= 0.6 is 0 Å². The van der Waals surface area contributed by atoms with Gasteiger partial charge in [-0.15, -0.1) is 0 Å². The number of hydrogen-bond acceptors (Lipinski definition) is 2. The molecule has 1 heterocycles. The van der Waals surface area contributed by atoms with Gasteiger partial charge in [0, 0.05) is 11.3 Å². The van der Waals surface area contributed by atoms with Crippen molar-refractivity contribution in [2.75, 3.05) is 4.90 Å². The van der Waals surface area contributed by atoms with E-state index in [1.165, 1.54) is 23.3 Å². The summed E-state index contributed by atoms with van der Waals surface area (Å²) in [5, 5.41) is 4.87. The molecule has 1 aliphatic carbocycles. The average Bonchev–Trinajstić information content (AvgIpc) is 3.55. The van der Waals surface area contributed by atoms with Gasteiger partial charge in [-0.25, -0.2) is 9.69 Å². The maximum atomic E-state index is 13.4. The predicted molar refractivity (Wildman–Crippen MR) is 115 cm³/mol. The Hall–Kier alpha value is -3.14. The van der Waals surface area contributed by atoms with E-state index in [-0.39, 0.29) is 17.9 Å². The van der Waals surface area contributed by atoms with Gasteiger partial charge < -0.3 is 5.32 Å². The maximum absolute atomic E-state index is 13.4. The van der Waals surface area contributed by atoms with Gasteiger partial charge in [0.05, 0.1) is 5.69 Å². The van der Waals surface area contributed by atoms with Gasteiger partial charge in [-0.3, -0.25) is 4.79 Å². The van der Waals surface area contributed by atoms with Crippen LogP contribution in [0.1, 0.15) is 49.1 Å². The number of nitrogens with one attached hydrogen (secondary N) is 1. The molecule has 1 aliphatic heterocycles. The van der Waals surface area contributed by atoms with Gasteiger partial charge in [-0.1, -0.05) is 67.6 Å². The van der Waals surface area contributed by atoms with Crippen LogP contribution in [0.2, 0.25) is 0 Å². The minimum Gasteiger partial charge on any atom is -0.325 e. The highest BCUT2D eigenvalue weighted by Gasteiger charge is 2.43. The topological polar surface area (TPSA) is 49.4 Å². The zero-order valence-electron chi connectivity index (χ0n) is 16.5. The second-order valence-electron chi connectivity index (χ2n) is 8.05. The molecule has 29 heavy (non-hydrogen) atoms. The third-order valence-electron chi connectivity index (χ3n) is 6.23. The Balaban J connectivity index is 1.47. The molecule has 2 aliphatic rings. The van der Waals surface area contributed by atoms with Crippen LogP contribution in [0.3, 0.4) is 0 Å². The quantitative estimate of drug-likeness (QED) is 0.604. The number of benzene rings is 3. The molecule has 1 saturated heterocycles. The highest BCUT2D eigenvalue weighted by molar-refractivity contribution is 6.24. The SMILES string of the molecule is CCC(c1ccc(C2CC2)cc1)C1NC(=O)N(c2cccc3ccccc23)C1=O. The molecular formula is C25H24N2O2. The largest absolute Gasteiger partial charge is 0.329 e. The molecule has 146 valence electrons. The van der Waals surface area contributed by atoms with Gasteiger partial charge in [-0.05, 0) is 47.8 Å². The fourth-order valence-corrected chi connectivity index (χ4v) is 4.50. The Labute approximate surface area is 170 Å². The predicted octanol–water partition coefficient (Wildman–Crippen LogP) is 5.34. The van der Waals surface area contributed by atoms with Gasteiger partial charge >= 0.3 is 6.03 Å². The van der Waals surface area contributed by atoms with Gasteiger partial charge in [0.25, 0.3) is 5.91 Å². The Morgan fingerprint density at radius 1 is 0.966 bits per heavy atom. The smallest absolute Gasteiger partial charge is 0.325 e. The first-order chi connectivity index (χ1) is 14.2. The van der Waals surface area contributed by atoms with Crippen LogP contribution in [-0.4, -0.2) is 18.0 Å². The molecule has 0 spiro atoms. The van der Waals surface area contributed by atoms with Crippen molar-refractivity contribution in [3.05, 3.63) is 77.9 Å². The number of nitrogens with zero attached hydrogens (tertiary/aromatic N) is 1. The second kappa shape index (κ2) is 7.03. The molecule has 1 N–H and O–H groups in total. The normalized spacial score (nSPS) is 20.2. The second-order valence-corrected chi connectivity index (χ2v) is 8.05. The summed E-state index contributed by atoms with van der Waals surface area (Å²) in [5.41, 5.74) is 3.13. The molecule has 1 saturated carbocycles. The Bertz CT molecular complexity index is 1080. The lowest BCUT2D eigenvalue weighted by molar-refractivity contribution is -0.118. The molecule has 3 aromatic rings. The maximum Gasteiger partial charge on any atom is 0.329 e. The number of carbonyl (C=O) groups excluding carboxylic acids is 2. The molecular weight excluding hydrogens is 360 g/mol. The van der Waals surface area contributed by atoms with Crippen molar-refractivity contribution in [1.82, 2.24) is 5.32 Å². The monoisotopic (exact) mass is 384 g/mol. The molecule has 3 amide bonds. The van der Waals surface area contributed by atoms with E-state index < -0.39 is 6.04 Å². The highest BCUT2D eigenvalue weighted by Crippen LogP contribution is 2.41. The fourth-order valence-electron chi connectivity index (χ4n) is 4.50. The van der Waals surface area contributed by atoms with E-state index in [0.29, 0.717) is 11.6 Å². The third kappa shape index (κ3) is 3.09. The number of imide groups is 1. The number of anilines is 1. The molecule has 2 fully saturated rings. The standard InChI is InChI=1S/C25H24N2O2/c1-2-20(19-14-12-17(13-15-19)16-10-11-16)23-24(28)27(25(29)26-23)22-9-5-7-18-6-3-4-8-21(18)22/h3-9,12-16,20,23H,2,10-11H2,1H3,(H,26,29). The highest BCUT2D eigenvalue weighted by atomic mass is 16.2. The van der Waals surface area contributed by atoms with Crippen molar-refractivity contribution >= 4 is 28.4 Å². The number of amides is 3. The number of urea groups is 1. The van der Waals surface area contributed by atoms with E-state index in [2.05, 4.69) is 36.5 Å². The van der Waals surface area contributed by atoms with Crippen LogP contribution in [-0.2, 0) is 4.79 Å². The van der Waals surface area contributed by atoms with E-state index in [1.807, 2.05) is 42.5 Å². The lowest BCUT2D eigenvalue weighted by Gasteiger charge is -2.22. The molecule has 2 unspecified atom stereocenters. The molecule has 3 aromatic carbocycles. The number of carbonyl (C=O) groups is 2. The summed E-state index contributed by atoms with van der Waals surface area (Å²) in [7, 11) is 0. The van der Waals surface area contributed by atoms with Crippen LogP contribution in [0.25, 0.3) is 10.8 Å². The minimum atomic E-state index is -0.543. The summed E-state index contributed by atoms with van der Waals surface area (Å²) in [6.45, 7) is 2.07. The van der Waals surface area contributed by atoms with Crippen molar-refractivity contribution in [3.63, 3.8) is 0 Å². The molecule has 2 atom stereocenters. The van der Waals surface area contributed by atoms with E-state index >= 15 is 0 Å². The van der Waals surface area contributed by atoms with Crippen LogP contribution in [0.5, 0.6) is 0 Å². The third-order valence-corrected chi connectivity index (χ3v) is 6.23. The molecule has 0 radical (unpaired) electrons. The lowest BCUT2D eigenvalue weighted by atomic mass is 9.88. The number of rotatable bonds is 5. The summed E-state index contributed by atoms with van der Waals surface area (Å²) in [6, 6.07) is 21.3.